The molecule has 29 heavy (non-hydrogen) atoms. The molecular weight excluding hydrogens is 401 g/mol. The Morgan fingerprint density at radius 1 is 1.31 bits per heavy atom. The highest BCUT2D eigenvalue weighted by atomic mass is 32.2. The third-order valence-electron chi connectivity index (χ3n) is 4.84. The van der Waals surface area contributed by atoms with Gasteiger partial charge in [-0.2, -0.15) is 4.98 Å². The monoisotopic (exact) mass is 423 g/mol. The summed E-state index contributed by atoms with van der Waals surface area (Å²) >= 11 is 0. The minimum atomic E-state index is -3.20. The number of nitrogens with one attached hydrogen (secondary N) is 1. The number of halogens is 1. The fourth-order valence-corrected chi connectivity index (χ4v) is 4.13. The van der Waals surface area contributed by atoms with Gasteiger partial charge >= 0.3 is 0 Å². The van der Waals surface area contributed by atoms with Gasteiger partial charge in [0.1, 0.15) is 17.4 Å². The summed E-state index contributed by atoms with van der Waals surface area (Å²) in [5, 5.41) is 3.13. The van der Waals surface area contributed by atoms with Crippen molar-refractivity contribution in [2.45, 2.75) is 18.9 Å². The minimum absolute atomic E-state index is 0.00219. The van der Waals surface area contributed by atoms with Gasteiger partial charge in [-0.05, 0) is 25.0 Å². The van der Waals surface area contributed by atoms with Crippen LogP contribution in [0.2, 0.25) is 0 Å². The summed E-state index contributed by atoms with van der Waals surface area (Å²) in [6, 6.07) is 2.92. The van der Waals surface area contributed by atoms with Crippen molar-refractivity contribution in [1.82, 2.24) is 14.3 Å². The number of nitrogens with zero attached hydrogens (tertiary/aromatic N) is 3. The first kappa shape index (κ1) is 20.9. The number of ether oxygens (including phenoxy) is 1. The fourth-order valence-electron chi connectivity index (χ4n) is 3.26. The zero-order valence-electron chi connectivity index (χ0n) is 16.1. The van der Waals surface area contributed by atoms with Gasteiger partial charge in [0.25, 0.3) is 0 Å². The minimum Gasteiger partial charge on any atom is -0.496 e. The van der Waals surface area contributed by atoms with Crippen molar-refractivity contribution in [1.29, 1.82) is 0 Å². The lowest BCUT2D eigenvalue weighted by atomic mass is 10.0. The molecule has 0 amide bonds. The molecule has 2 heterocycles. The highest BCUT2D eigenvalue weighted by Crippen LogP contribution is 2.32. The lowest BCUT2D eigenvalue weighted by molar-refractivity contribution is 0.111. The number of carbonyl (C=O) groups excluding carboxylic acids is 1. The summed E-state index contributed by atoms with van der Waals surface area (Å²) in [6.45, 7) is 0.825. The molecule has 2 aromatic rings. The van der Waals surface area contributed by atoms with Crippen LogP contribution in [0.3, 0.4) is 0 Å². The number of aldehydes is 1. The van der Waals surface area contributed by atoms with E-state index in [1.165, 1.54) is 36.0 Å². The molecule has 1 aromatic carbocycles. The molecule has 3 N–H and O–H groups in total. The van der Waals surface area contributed by atoms with Crippen LogP contribution < -0.4 is 15.8 Å². The molecular formula is C18H22FN5O4S. The Balaban J connectivity index is 1.77. The molecule has 1 aromatic heterocycles. The second kappa shape index (κ2) is 8.29. The van der Waals surface area contributed by atoms with Crippen molar-refractivity contribution in [2.24, 2.45) is 0 Å². The average Bonchev–Trinajstić information content (AvgIpc) is 2.68. The standard InChI is InChI=1S/C18H22FN5O4S/c1-28-15-4-3-12(16(19)14(15)10-25)13-9-21-18(23-17(13)20)22-11-5-7-24(8-6-11)29(2,26)27/h3-4,9-11H,5-8H2,1-2H3,(H3,20,21,22,23). The molecule has 156 valence electrons. The number of piperidine rings is 1. The molecule has 0 atom stereocenters. The molecule has 0 spiro atoms. The van der Waals surface area contributed by atoms with Crippen molar-refractivity contribution in [3.63, 3.8) is 0 Å². The smallest absolute Gasteiger partial charge is 0.224 e. The van der Waals surface area contributed by atoms with Crippen molar-refractivity contribution < 1.29 is 22.3 Å². The molecule has 0 aliphatic carbocycles. The molecule has 11 heteroatoms. The lowest BCUT2D eigenvalue weighted by Gasteiger charge is -2.30. The highest BCUT2D eigenvalue weighted by Gasteiger charge is 2.25. The predicted octanol–water partition coefficient (Wildman–Crippen LogP) is 1.52. The molecule has 3 rings (SSSR count). The number of hydrogen-bond donors (Lipinski definition) is 2. The van der Waals surface area contributed by atoms with E-state index in [-0.39, 0.29) is 40.2 Å². The quantitative estimate of drug-likeness (QED) is 0.670. The molecule has 1 aliphatic heterocycles. The van der Waals surface area contributed by atoms with Crippen LogP contribution in [0.1, 0.15) is 23.2 Å². The SMILES string of the molecule is COc1ccc(-c2cnc(NC3CCN(S(C)(=O)=O)CC3)nc2N)c(F)c1C=O. The largest absolute Gasteiger partial charge is 0.496 e. The van der Waals surface area contributed by atoms with E-state index in [4.69, 9.17) is 10.5 Å². The second-order valence-electron chi connectivity index (χ2n) is 6.73. The number of anilines is 2. The number of sulfonamides is 1. The maximum Gasteiger partial charge on any atom is 0.224 e. The van der Waals surface area contributed by atoms with Crippen LogP contribution in [0, 0.1) is 5.82 Å². The van der Waals surface area contributed by atoms with Crippen molar-refractivity contribution in [2.75, 3.05) is 37.5 Å². The van der Waals surface area contributed by atoms with Crippen LogP contribution in [-0.2, 0) is 10.0 Å². The Morgan fingerprint density at radius 3 is 2.55 bits per heavy atom. The van der Waals surface area contributed by atoms with Crippen LogP contribution in [0.5, 0.6) is 5.75 Å². The van der Waals surface area contributed by atoms with E-state index in [1.54, 1.807) is 0 Å². The van der Waals surface area contributed by atoms with Crippen molar-refractivity contribution >= 4 is 28.1 Å². The van der Waals surface area contributed by atoms with Gasteiger partial charge in [0.05, 0.1) is 18.9 Å². The van der Waals surface area contributed by atoms with E-state index in [0.717, 1.165) is 0 Å². The van der Waals surface area contributed by atoms with Crippen LogP contribution in [0.25, 0.3) is 11.1 Å². The summed E-state index contributed by atoms with van der Waals surface area (Å²) in [7, 11) is -1.85. The number of nitrogens with two attached hydrogens (primary N) is 1. The first-order valence-electron chi connectivity index (χ1n) is 8.90. The van der Waals surface area contributed by atoms with Gasteiger partial charge in [-0.3, -0.25) is 4.79 Å². The van der Waals surface area contributed by atoms with Crippen LogP contribution >= 0.6 is 0 Å². The highest BCUT2D eigenvalue weighted by molar-refractivity contribution is 7.88. The van der Waals surface area contributed by atoms with Gasteiger partial charge < -0.3 is 15.8 Å². The second-order valence-corrected chi connectivity index (χ2v) is 8.72. The number of aromatic nitrogens is 2. The Bertz CT molecular complexity index is 1020. The first-order valence-corrected chi connectivity index (χ1v) is 10.8. The van der Waals surface area contributed by atoms with E-state index in [2.05, 4.69) is 15.3 Å². The normalized spacial score (nSPS) is 15.8. The van der Waals surface area contributed by atoms with Gasteiger partial charge in [-0.25, -0.2) is 22.1 Å². The fraction of sp³-hybridized carbons (Fsp3) is 0.389. The zero-order valence-corrected chi connectivity index (χ0v) is 16.9. The number of methoxy groups -OCH3 is 1. The molecule has 9 nitrogen and oxygen atoms in total. The molecule has 0 bridgehead atoms. The van der Waals surface area contributed by atoms with Gasteiger partial charge in [0.2, 0.25) is 16.0 Å². The van der Waals surface area contributed by atoms with Crippen LogP contribution in [0.4, 0.5) is 16.2 Å². The van der Waals surface area contributed by atoms with Crippen molar-refractivity contribution in [3.8, 4) is 16.9 Å². The Labute approximate surface area is 168 Å². The molecule has 1 aliphatic rings. The van der Waals surface area contributed by atoms with E-state index in [9.17, 15) is 17.6 Å². The lowest BCUT2D eigenvalue weighted by Crippen LogP contribution is -2.42. The Kier molecular flexibility index (Phi) is 5.99. The maximum atomic E-state index is 14.7. The average molecular weight is 423 g/mol. The molecule has 0 unspecified atom stereocenters. The number of hydrogen-bond acceptors (Lipinski definition) is 8. The van der Waals surface area contributed by atoms with Crippen LogP contribution in [0.15, 0.2) is 18.3 Å². The van der Waals surface area contributed by atoms with E-state index in [1.807, 2.05) is 0 Å². The summed E-state index contributed by atoms with van der Waals surface area (Å²) in [5.41, 5.74) is 6.15. The van der Waals surface area contributed by atoms with E-state index < -0.39 is 15.8 Å². The summed E-state index contributed by atoms with van der Waals surface area (Å²) in [6.07, 6.45) is 4.17. The summed E-state index contributed by atoms with van der Waals surface area (Å²) in [5.74, 6) is -0.312. The molecule has 0 radical (unpaired) electrons. The number of nitrogen functional groups attached to an aromatic ring is 1. The maximum absolute atomic E-state index is 14.7. The number of carbonyl (C=O) groups is 1. The van der Waals surface area contributed by atoms with E-state index in [0.29, 0.717) is 32.2 Å². The van der Waals surface area contributed by atoms with Gasteiger partial charge in [0.15, 0.2) is 6.29 Å². The van der Waals surface area contributed by atoms with Gasteiger partial charge in [-0.15, -0.1) is 0 Å². The summed E-state index contributed by atoms with van der Waals surface area (Å²) < 4.78 is 44.3. The van der Waals surface area contributed by atoms with E-state index >= 15 is 0 Å². The number of benzene rings is 1. The first-order chi connectivity index (χ1) is 13.7. The van der Waals surface area contributed by atoms with Crippen LogP contribution in [-0.4, -0.2) is 61.5 Å². The molecule has 0 saturated carbocycles. The Hall–Kier alpha value is -2.79. The molecule has 1 fully saturated rings. The zero-order chi connectivity index (χ0) is 21.2. The topological polar surface area (TPSA) is 128 Å². The Morgan fingerprint density at radius 2 is 2.00 bits per heavy atom. The third kappa shape index (κ3) is 4.46. The van der Waals surface area contributed by atoms with Crippen molar-refractivity contribution in [3.05, 3.63) is 29.7 Å². The van der Waals surface area contributed by atoms with Gasteiger partial charge in [0, 0.05) is 36.5 Å². The third-order valence-corrected chi connectivity index (χ3v) is 6.15. The van der Waals surface area contributed by atoms with Gasteiger partial charge in [-0.1, -0.05) is 0 Å². The number of rotatable bonds is 6. The molecule has 1 saturated heterocycles. The predicted molar refractivity (Wildman–Crippen MR) is 107 cm³/mol. The summed E-state index contributed by atoms with van der Waals surface area (Å²) in [4.78, 5) is 19.6.